The van der Waals surface area contributed by atoms with Crippen LogP contribution >= 0.6 is 12.6 Å². The highest BCUT2D eigenvalue weighted by molar-refractivity contribution is 7.80. The van der Waals surface area contributed by atoms with Gasteiger partial charge >= 0.3 is 0 Å². The normalized spacial score (nSPS) is 12.1. The Bertz CT molecular complexity index is 295. The van der Waals surface area contributed by atoms with E-state index in [9.17, 15) is 0 Å². The first-order valence-corrected chi connectivity index (χ1v) is 4.85. The molecule has 4 nitrogen and oxygen atoms in total. The Balaban J connectivity index is 2.43. The summed E-state index contributed by atoms with van der Waals surface area (Å²) in [6.07, 6.45) is 4.33. The van der Waals surface area contributed by atoms with E-state index in [0.29, 0.717) is 6.54 Å². The number of guanidine groups is 1. The number of pyridine rings is 1. The average molecular weight is 210 g/mol. The van der Waals surface area contributed by atoms with E-state index in [4.69, 9.17) is 11.5 Å². The fourth-order valence-electron chi connectivity index (χ4n) is 1.06. The van der Waals surface area contributed by atoms with Crippen molar-refractivity contribution in [1.82, 2.24) is 4.98 Å². The summed E-state index contributed by atoms with van der Waals surface area (Å²) >= 11 is 4.43. The first-order valence-electron chi connectivity index (χ1n) is 4.33. The molecular weight excluding hydrogens is 196 g/mol. The summed E-state index contributed by atoms with van der Waals surface area (Å²) in [6, 6.07) is 3.87. The van der Waals surface area contributed by atoms with Crippen LogP contribution in [0.15, 0.2) is 29.5 Å². The molecule has 1 unspecified atom stereocenters. The van der Waals surface area contributed by atoms with E-state index in [0.717, 1.165) is 12.0 Å². The van der Waals surface area contributed by atoms with E-state index in [2.05, 4.69) is 22.6 Å². The van der Waals surface area contributed by atoms with Gasteiger partial charge in [-0.05, 0) is 18.1 Å². The van der Waals surface area contributed by atoms with Gasteiger partial charge in [0.05, 0.1) is 0 Å². The smallest absolute Gasteiger partial charge is 0.185 e. The van der Waals surface area contributed by atoms with E-state index < -0.39 is 0 Å². The maximum absolute atomic E-state index is 5.21. The maximum Gasteiger partial charge on any atom is 0.185 e. The Labute approximate surface area is 88.8 Å². The Morgan fingerprint density at radius 1 is 1.57 bits per heavy atom. The highest BCUT2D eigenvalue weighted by atomic mass is 32.1. The molecule has 76 valence electrons. The van der Waals surface area contributed by atoms with Gasteiger partial charge in [-0.3, -0.25) is 9.98 Å². The van der Waals surface area contributed by atoms with Gasteiger partial charge in [0.25, 0.3) is 0 Å². The Morgan fingerprint density at radius 3 is 2.93 bits per heavy atom. The van der Waals surface area contributed by atoms with Gasteiger partial charge in [-0.25, -0.2) is 0 Å². The fraction of sp³-hybridized carbons (Fsp3) is 0.333. The van der Waals surface area contributed by atoms with Crippen molar-refractivity contribution >= 4 is 18.6 Å². The number of nitrogens with zero attached hydrogens (tertiary/aromatic N) is 2. The van der Waals surface area contributed by atoms with Crippen LogP contribution in [0.4, 0.5) is 0 Å². The molecule has 1 atom stereocenters. The number of rotatable bonds is 4. The zero-order chi connectivity index (χ0) is 10.4. The maximum atomic E-state index is 5.21. The second-order valence-corrected chi connectivity index (χ2v) is 3.52. The largest absolute Gasteiger partial charge is 0.370 e. The summed E-state index contributed by atoms with van der Waals surface area (Å²) in [5.41, 5.74) is 11.5. The summed E-state index contributed by atoms with van der Waals surface area (Å²) in [7, 11) is 0. The van der Waals surface area contributed by atoms with Crippen molar-refractivity contribution in [2.24, 2.45) is 16.5 Å². The van der Waals surface area contributed by atoms with Crippen LogP contribution in [0, 0.1) is 0 Å². The molecule has 4 N–H and O–H groups in total. The highest BCUT2D eigenvalue weighted by Crippen LogP contribution is 2.22. The predicted octanol–water partition coefficient (Wildman–Crippen LogP) is 0.716. The van der Waals surface area contributed by atoms with Crippen LogP contribution in [0.2, 0.25) is 0 Å². The van der Waals surface area contributed by atoms with Crippen LogP contribution < -0.4 is 11.5 Å². The Morgan fingerprint density at radius 2 is 2.36 bits per heavy atom. The van der Waals surface area contributed by atoms with Gasteiger partial charge in [-0.15, -0.1) is 0 Å². The van der Waals surface area contributed by atoms with Gasteiger partial charge in [-0.1, -0.05) is 6.07 Å². The minimum absolute atomic E-state index is 0.122. The van der Waals surface area contributed by atoms with Crippen molar-refractivity contribution in [1.29, 1.82) is 0 Å². The summed E-state index contributed by atoms with van der Waals surface area (Å²) in [6.45, 7) is 0.589. The number of nitrogens with two attached hydrogens (primary N) is 2. The standard InChI is InChI=1S/C9H14N4S/c10-9(11)13-5-3-8(14)7-2-1-4-12-6-7/h1-2,4,6,8,14H,3,5H2,(H4,10,11,13). The van der Waals surface area contributed by atoms with Crippen LogP contribution in [0.3, 0.4) is 0 Å². The van der Waals surface area contributed by atoms with Crippen molar-refractivity contribution in [2.45, 2.75) is 11.7 Å². The molecule has 1 rings (SSSR count). The summed E-state index contributed by atoms with van der Waals surface area (Å²) in [5.74, 6) is 0.122. The first-order chi connectivity index (χ1) is 6.70. The molecule has 0 saturated heterocycles. The molecule has 0 radical (unpaired) electrons. The molecule has 14 heavy (non-hydrogen) atoms. The van der Waals surface area contributed by atoms with Gasteiger partial charge in [0, 0.05) is 24.2 Å². The molecule has 0 saturated carbocycles. The molecule has 0 amide bonds. The lowest BCUT2D eigenvalue weighted by atomic mass is 10.1. The summed E-state index contributed by atoms with van der Waals surface area (Å²) in [4.78, 5) is 7.91. The van der Waals surface area contributed by atoms with Crippen molar-refractivity contribution in [2.75, 3.05) is 6.54 Å². The second-order valence-electron chi connectivity index (χ2n) is 2.90. The van der Waals surface area contributed by atoms with Gasteiger partial charge in [0.2, 0.25) is 0 Å². The molecular formula is C9H14N4S. The number of aromatic nitrogens is 1. The summed E-state index contributed by atoms with van der Waals surface area (Å²) < 4.78 is 0. The third kappa shape index (κ3) is 3.66. The predicted molar refractivity (Wildman–Crippen MR) is 61.3 cm³/mol. The van der Waals surface area contributed by atoms with Crippen molar-refractivity contribution in [3.8, 4) is 0 Å². The molecule has 5 heteroatoms. The Hall–Kier alpha value is -1.23. The zero-order valence-electron chi connectivity index (χ0n) is 7.80. The van der Waals surface area contributed by atoms with Crippen molar-refractivity contribution in [3.05, 3.63) is 30.1 Å². The lowest BCUT2D eigenvalue weighted by Crippen LogP contribution is -2.23. The van der Waals surface area contributed by atoms with Crippen LogP contribution in [0.1, 0.15) is 17.2 Å². The minimum atomic E-state index is 0.122. The first kappa shape index (κ1) is 10.8. The lowest BCUT2D eigenvalue weighted by Gasteiger charge is -2.08. The molecule has 0 aromatic carbocycles. The van der Waals surface area contributed by atoms with Crippen LogP contribution in [0.5, 0.6) is 0 Å². The van der Waals surface area contributed by atoms with E-state index >= 15 is 0 Å². The second kappa shape index (κ2) is 5.49. The number of thiol groups is 1. The minimum Gasteiger partial charge on any atom is -0.370 e. The van der Waals surface area contributed by atoms with E-state index in [1.807, 2.05) is 12.1 Å². The zero-order valence-corrected chi connectivity index (χ0v) is 8.69. The molecule has 0 spiro atoms. The van der Waals surface area contributed by atoms with Crippen molar-refractivity contribution < 1.29 is 0 Å². The topological polar surface area (TPSA) is 77.3 Å². The monoisotopic (exact) mass is 210 g/mol. The number of hydrogen-bond donors (Lipinski definition) is 3. The molecule has 1 heterocycles. The molecule has 0 aliphatic carbocycles. The van der Waals surface area contributed by atoms with Crippen molar-refractivity contribution in [3.63, 3.8) is 0 Å². The van der Waals surface area contributed by atoms with Crippen LogP contribution in [-0.4, -0.2) is 17.5 Å². The number of aliphatic imine (C=N–C) groups is 1. The van der Waals surface area contributed by atoms with Gasteiger partial charge in [0.15, 0.2) is 5.96 Å². The molecule has 0 aliphatic rings. The lowest BCUT2D eigenvalue weighted by molar-refractivity contribution is 0.814. The molecule has 1 aromatic rings. The van der Waals surface area contributed by atoms with Crippen LogP contribution in [-0.2, 0) is 0 Å². The average Bonchev–Trinajstić information content (AvgIpc) is 2.18. The van der Waals surface area contributed by atoms with E-state index in [1.54, 1.807) is 12.4 Å². The highest BCUT2D eigenvalue weighted by Gasteiger charge is 2.04. The van der Waals surface area contributed by atoms with Gasteiger partial charge in [-0.2, -0.15) is 12.6 Å². The fourth-order valence-corrected chi connectivity index (χ4v) is 1.32. The molecule has 0 fully saturated rings. The molecule has 0 bridgehead atoms. The molecule has 1 aromatic heterocycles. The van der Waals surface area contributed by atoms with Gasteiger partial charge in [0.1, 0.15) is 0 Å². The van der Waals surface area contributed by atoms with Gasteiger partial charge < -0.3 is 11.5 Å². The summed E-state index contributed by atoms with van der Waals surface area (Å²) in [5, 5.41) is 0.131. The van der Waals surface area contributed by atoms with Crippen LogP contribution in [0.25, 0.3) is 0 Å². The third-order valence-corrected chi connectivity index (χ3v) is 2.32. The van der Waals surface area contributed by atoms with E-state index in [1.165, 1.54) is 0 Å². The third-order valence-electron chi connectivity index (χ3n) is 1.77. The quantitative estimate of drug-likeness (QED) is 0.389. The van der Waals surface area contributed by atoms with E-state index in [-0.39, 0.29) is 11.2 Å². The molecule has 0 aliphatic heterocycles. The Kier molecular flexibility index (Phi) is 4.25. The SMILES string of the molecule is NC(N)=NCCC(S)c1cccnc1. The number of hydrogen-bond acceptors (Lipinski definition) is 3.